The Morgan fingerprint density at radius 3 is 2.67 bits per heavy atom. The lowest BCUT2D eigenvalue weighted by Gasteiger charge is -2.13. The number of carbonyl (C=O) groups is 1. The van der Waals surface area contributed by atoms with Crippen LogP contribution in [0.15, 0.2) is 6.07 Å². The number of hydrogen-bond donors (Lipinski definition) is 2. The van der Waals surface area contributed by atoms with Crippen molar-refractivity contribution in [3.63, 3.8) is 0 Å². The van der Waals surface area contributed by atoms with Gasteiger partial charge in [-0.1, -0.05) is 6.92 Å². The van der Waals surface area contributed by atoms with Gasteiger partial charge in [-0.25, -0.2) is 0 Å². The van der Waals surface area contributed by atoms with Gasteiger partial charge in [-0.15, -0.1) is 11.3 Å². The summed E-state index contributed by atoms with van der Waals surface area (Å²) >= 11 is 1.53. The minimum absolute atomic E-state index is 0.00602. The summed E-state index contributed by atoms with van der Waals surface area (Å²) in [5, 5.41) is 2.92. The lowest BCUT2D eigenvalue weighted by Crippen LogP contribution is -2.39. The molecule has 0 aliphatic carbocycles. The van der Waals surface area contributed by atoms with E-state index in [0.29, 0.717) is 6.54 Å². The molecule has 0 spiro atoms. The molecule has 0 radical (unpaired) electrons. The van der Waals surface area contributed by atoms with Crippen LogP contribution in [0.4, 0.5) is 0 Å². The van der Waals surface area contributed by atoms with E-state index in [-0.39, 0.29) is 11.9 Å². The molecule has 84 valence electrons. The summed E-state index contributed by atoms with van der Waals surface area (Å²) in [6, 6.07) is 2.01. The van der Waals surface area contributed by atoms with Crippen LogP contribution in [-0.4, -0.2) is 18.5 Å². The third-order valence-corrected chi connectivity index (χ3v) is 3.65. The van der Waals surface area contributed by atoms with E-state index >= 15 is 0 Å². The Morgan fingerprint density at radius 1 is 1.60 bits per heavy atom. The minimum atomic E-state index is -0.00602. The fourth-order valence-corrected chi connectivity index (χ4v) is 2.21. The van der Waals surface area contributed by atoms with E-state index < -0.39 is 0 Å². The number of amides is 1. The van der Waals surface area contributed by atoms with Crippen molar-refractivity contribution in [2.24, 2.45) is 5.73 Å². The fraction of sp³-hybridized carbons (Fsp3) is 0.545. The molecule has 1 atom stereocenters. The normalized spacial score (nSPS) is 12.5. The first-order valence-electron chi connectivity index (χ1n) is 5.16. The van der Waals surface area contributed by atoms with Gasteiger partial charge in [0.25, 0.3) is 5.91 Å². The second kappa shape index (κ2) is 5.28. The molecule has 0 aliphatic heterocycles. The summed E-state index contributed by atoms with van der Waals surface area (Å²) < 4.78 is 0. The van der Waals surface area contributed by atoms with E-state index in [1.54, 1.807) is 0 Å². The Hall–Kier alpha value is -0.870. The molecule has 0 saturated carbocycles. The van der Waals surface area contributed by atoms with Gasteiger partial charge in [0.05, 0.1) is 4.88 Å². The van der Waals surface area contributed by atoms with Crippen molar-refractivity contribution in [3.05, 3.63) is 21.4 Å². The van der Waals surface area contributed by atoms with Crippen LogP contribution in [0.2, 0.25) is 0 Å². The lowest BCUT2D eigenvalue weighted by molar-refractivity contribution is 0.0941. The average Bonchev–Trinajstić information content (AvgIpc) is 2.55. The van der Waals surface area contributed by atoms with Crippen LogP contribution >= 0.6 is 11.3 Å². The van der Waals surface area contributed by atoms with Crippen LogP contribution < -0.4 is 11.1 Å². The number of hydrogen-bond acceptors (Lipinski definition) is 3. The molecule has 0 bridgehead atoms. The highest BCUT2D eigenvalue weighted by molar-refractivity contribution is 7.14. The zero-order valence-electron chi connectivity index (χ0n) is 9.46. The van der Waals surface area contributed by atoms with Crippen molar-refractivity contribution >= 4 is 17.2 Å². The molecule has 0 aliphatic rings. The predicted octanol–water partition coefficient (Wildman–Crippen LogP) is 1.83. The first kappa shape index (κ1) is 12.2. The van der Waals surface area contributed by atoms with Gasteiger partial charge < -0.3 is 11.1 Å². The lowest BCUT2D eigenvalue weighted by atomic mass is 10.2. The minimum Gasteiger partial charge on any atom is -0.347 e. The summed E-state index contributed by atoms with van der Waals surface area (Å²) in [6.45, 7) is 6.55. The van der Waals surface area contributed by atoms with Crippen molar-refractivity contribution in [3.8, 4) is 0 Å². The molecule has 1 aromatic rings. The predicted molar refractivity (Wildman–Crippen MR) is 64.4 cm³/mol. The summed E-state index contributed by atoms with van der Waals surface area (Å²) in [4.78, 5) is 13.8. The summed E-state index contributed by atoms with van der Waals surface area (Å²) in [5.41, 5.74) is 6.71. The molecule has 4 heteroatoms. The van der Waals surface area contributed by atoms with E-state index in [4.69, 9.17) is 5.73 Å². The monoisotopic (exact) mass is 226 g/mol. The molecule has 15 heavy (non-hydrogen) atoms. The highest BCUT2D eigenvalue weighted by Gasteiger charge is 2.13. The second-order valence-corrected chi connectivity index (χ2v) is 4.92. The Bertz CT molecular complexity index is 323. The van der Waals surface area contributed by atoms with E-state index in [1.807, 2.05) is 26.8 Å². The molecule has 3 N–H and O–H groups in total. The first-order chi connectivity index (χ1) is 7.08. The van der Waals surface area contributed by atoms with Crippen LogP contribution in [0, 0.1) is 13.8 Å². The molecule has 3 nitrogen and oxygen atoms in total. The number of nitrogens with one attached hydrogen (secondary N) is 1. The standard InChI is InChI=1S/C11H18N2OS/c1-4-9(6-12)13-11(14)10-5-7(2)8(3)15-10/h5,9H,4,6,12H2,1-3H3,(H,13,14). The van der Waals surface area contributed by atoms with E-state index in [9.17, 15) is 4.79 Å². The molecule has 1 heterocycles. The fourth-order valence-electron chi connectivity index (χ4n) is 1.27. The highest BCUT2D eigenvalue weighted by Crippen LogP contribution is 2.20. The van der Waals surface area contributed by atoms with Gasteiger partial charge in [0.15, 0.2) is 0 Å². The summed E-state index contributed by atoms with van der Waals surface area (Å²) in [6.07, 6.45) is 0.867. The largest absolute Gasteiger partial charge is 0.347 e. The first-order valence-corrected chi connectivity index (χ1v) is 5.98. The molecule has 1 rings (SSSR count). The Labute approximate surface area is 94.7 Å². The van der Waals surface area contributed by atoms with Crippen LogP contribution in [0.25, 0.3) is 0 Å². The van der Waals surface area contributed by atoms with Crippen LogP contribution in [0.1, 0.15) is 33.5 Å². The SMILES string of the molecule is CCC(CN)NC(=O)c1cc(C)c(C)s1. The molecular formula is C11H18N2OS. The van der Waals surface area contributed by atoms with Crippen molar-refractivity contribution < 1.29 is 4.79 Å². The van der Waals surface area contributed by atoms with Crippen LogP contribution in [0.3, 0.4) is 0 Å². The van der Waals surface area contributed by atoms with Crippen molar-refractivity contribution in [1.82, 2.24) is 5.32 Å². The number of thiophene rings is 1. The molecular weight excluding hydrogens is 208 g/mol. The summed E-state index contributed by atoms with van der Waals surface area (Å²) in [7, 11) is 0. The van der Waals surface area contributed by atoms with Crippen molar-refractivity contribution in [2.75, 3.05) is 6.54 Å². The Morgan fingerprint density at radius 2 is 2.27 bits per heavy atom. The zero-order valence-corrected chi connectivity index (χ0v) is 10.3. The molecule has 1 aromatic heterocycles. The zero-order chi connectivity index (χ0) is 11.4. The van der Waals surface area contributed by atoms with E-state index in [0.717, 1.165) is 11.3 Å². The molecule has 1 amide bonds. The highest BCUT2D eigenvalue weighted by atomic mass is 32.1. The quantitative estimate of drug-likeness (QED) is 0.823. The number of carbonyl (C=O) groups excluding carboxylic acids is 1. The van der Waals surface area contributed by atoms with Crippen LogP contribution in [-0.2, 0) is 0 Å². The molecule has 1 unspecified atom stereocenters. The summed E-state index contributed by atoms with van der Waals surface area (Å²) in [5.74, 6) is -0.00602. The van der Waals surface area contributed by atoms with Gasteiger partial charge in [0, 0.05) is 17.5 Å². The average molecular weight is 226 g/mol. The second-order valence-electron chi connectivity index (χ2n) is 3.66. The van der Waals surface area contributed by atoms with Crippen LogP contribution in [0.5, 0.6) is 0 Å². The number of nitrogens with two attached hydrogens (primary N) is 1. The van der Waals surface area contributed by atoms with Crippen molar-refractivity contribution in [1.29, 1.82) is 0 Å². The van der Waals surface area contributed by atoms with Crippen molar-refractivity contribution in [2.45, 2.75) is 33.2 Å². The molecule has 0 saturated heterocycles. The molecule has 0 aromatic carbocycles. The smallest absolute Gasteiger partial charge is 0.261 e. The molecule has 0 fully saturated rings. The Balaban J connectivity index is 2.68. The van der Waals surface area contributed by atoms with E-state index in [1.165, 1.54) is 21.8 Å². The number of rotatable bonds is 4. The van der Waals surface area contributed by atoms with Gasteiger partial charge in [-0.3, -0.25) is 4.79 Å². The number of aryl methyl sites for hydroxylation is 2. The van der Waals surface area contributed by atoms with Gasteiger partial charge in [0.2, 0.25) is 0 Å². The topological polar surface area (TPSA) is 55.1 Å². The maximum atomic E-state index is 11.8. The maximum Gasteiger partial charge on any atom is 0.261 e. The Kier molecular flexibility index (Phi) is 4.29. The van der Waals surface area contributed by atoms with Gasteiger partial charge >= 0.3 is 0 Å². The third kappa shape index (κ3) is 3.04. The van der Waals surface area contributed by atoms with Gasteiger partial charge in [-0.2, -0.15) is 0 Å². The maximum absolute atomic E-state index is 11.8. The van der Waals surface area contributed by atoms with Gasteiger partial charge in [-0.05, 0) is 31.9 Å². The van der Waals surface area contributed by atoms with E-state index in [2.05, 4.69) is 5.32 Å². The third-order valence-electron chi connectivity index (χ3n) is 2.50. The van der Waals surface area contributed by atoms with Gasteiger partial charge in [0.1, 0.15) is 0 Å².